The first-order valence-corrected chi connectivity index (χ1v) is 6.78. The normalized spacial score (nSPS) is 11.2. The van der Waals surface area contributed by atoms with Gasteiger partial charge in [0, 0.05) is 16.2 Å². The van der Waals surface area contributed by atoms with Crippen molar-refractivity contribution >= 4 is 31.6 Å². The summed E-state index contributed by atoms with van der Waals surface area (Å²) >= 11 is 1.67. The van der Waals surface area contributed by atoms with E-state index in [1.165, 1.54) is 4.70 Å². The lowest BCUT2D eigenvalue weighted by atomic mass is 10.2. The van der Waals surface area contributed by atoms with Gasteiger partial charge in [0.25, 0.3) is 0 Å². The van der Waals surface area contributed by atoms with Gasteiger partial charge in [0.05, 0.1) is 17.3 Å². The summed E-state index contributed by atoms with van der Waals surface area (Å²) in [6.07, 6.45) is 0. The number of nitrogens with zero attached hydrogens (tertiary/aromatic N) is 4. The molecule has 0 aliphatic heterocycles. The van der Waals surface area contributed by atoms with Crippen molar-refractivity contribution in [2.45, 2.75) is 0 Å². The largest absolute Gasteiger partial charge is 0.495 e. The lowest BCUT2D eigenvalue weighted by Gasteiger charge is -2.03. The Morgan fingerprint density at radius 2 is 2.15 bits per heavy atom. The maximum absolute atomic E-state index is 5.48. The third-order valence-corrected chi connectivity index (χ3v) is 4.26. The maximum atomic E-state index is 5.48. The van der Waals surface area contributed by atoms with Crippen LogP contribution in [0.25, 0.3) is 31.8 Å². The number of thiophene rings is 1. The van der Waals surface area contributed by atoms with E-state index < -0.39 is 0 Å². The van der Waals surface area contributed by atoms with Gasteiger partial charge in [-0.2, -0.15) is 5.21 Å². The highest BCUT2D eigenvalue weighted by molar-refractivity contribution is 7.26. The van der Waals surface area contributed by atoms with Crippen LogP contribution in [0.3, 0.4) is 0 Å². The molecule has 0 saturated carbocycles. The Balaban J connectivity index is 2.12. The van der Waals surface area contributed by atoms with Gasteiger partial charge in [-0.15, -0.1) is 21.5 Å². The summed E-state index contributed by atoms with van der Waals surface area (Å²) in [6.45, 7) is 0. The van der Waals surface area contributed by atoms with E-state index in [9.17, 15) is 0 Å². The topological polar surface area (TPSA) is 76.6 Å². The van der Waals surface area contributed by atoms with Crippen LogP contribution in [-0.2, 0) is 0 Å². The van der Waals surface area contributed by atoms with Crippen LogP contribution < -0.4 is 4.74 Å². The molecule has 0 radical (unpaired) electrons. The van der Waals surface area contributed by atoms with Gasteiger partial charge >= 0.3 is 0 Å². The molecule has 7 heteroatoms. The van der Waals surface area contributed by atoms with Crippen molar-refractivity contribution in [3.8, 4) is 17.3 Å². The summed E-state index contributed by atoms with van der Waals surface area (Å²) in [5.41, 5.74) is 1.55. The molecule has 3 aromatic heterocycles. The summed E-state index contributed by atoms with van der Waals surface area (Å²) in [6, 6.07) is 9.99. The summed E-state index contributed by atoms with van der Waals surface area (Å²) in [4.78, 5) is 4.66. The average molecular weight is 283 g/mol. The molecule has 0 bridgehead atoms. The fraction of sp³-hybridized carbons (Fsp3) is 0.0769. The molecule has 0 amide bonds. The lowest BCUT2D eigenvalue weighted by Crippen LogP contribution is -1.90. The number of H-pyrrole nitrogens is 1. The number of ether oxygens (including phenoxy) is 1. The standard InChI is InChI=1S/C13H9N5OS/c1-19-9-6-8(13-15-17-18-16-13)14-11-7-4-2-3-5-10(7)20-12(9)11/h2-6H,1H3,(H,15,16,17,18). The quantitative estimate of drug-likeness (QED) is 0.612. The monoisotopic (exact) mass is 283 g/mol. The molecule has 0 fully saturated rings. The van der Waals surface area contributed by atoms with Crippen molar-refractivity contribution in [3.63, 3.8) is 0 Å². The van der Waals surface area contributed by atoms with E-state index in [0.29, 0.717) is 11.5 Å². The fourth-order valence-electron chi connectivity index (χ4n) is 2.19. The second kappa shape index (κ2) is 4.24. The predicted molar refractivity (Wildman–Crippen MR) is 76.8 cm³/mol. The van der Waals surface area contributed by atoms with Crippen molar-refractivity contribution in [2.24, 2.45) is 0 Å². The number of methoxy groups -OCH3 is 1. The maximum Gasteiger partial charge on any atom is 0.223 e. The Morgan fingerprint density at radius 3 is 2.95 bits per heavy atom. The molecule has 0 unspecified atom stereocenters. The summed E-state index contributed by atoms with van der Waals surface area (Å²) < 4.78 is 7.69. The van der Waals surface area contributed by atoms with Gasteiger partial charge in [0.2, 0.25) is 5.82 Å². The fourth-order valence-corrected chi connectivity index (χ4v) is 3.33. The Morgan fingerprint density at radius 1 is 1.25 bits per heavy atom. The van der Waals surface area contributed by atoms with E-state index in [2.05, 4.69) is 37.7 Å². The number of nitrogens with one attached hydrogen (secondary N) is 1. The van der Waals surface area contributed by atoms with Crippen LogP contribution in [0.15, 0.2) is 30.3 Å². The van der Waals surface area contributed by atoms with Crippen molar-refractivity contribution in [1.29, 1.82) is 0 Å². The highest BCUT2D eigenvalue weighted by Gasteiger charge is 2.15. The summed E-state index contributed by atoms with van der Waals surface area (Å²) in [7, 11) is 1.65. The molecule has 0 aliphatic carbocycles. The number of rotatable bonds is 2. The zero-order valence-corrected chi connectivity index (χ0v) is 11.3. The molecule has 1 N–H and O–H groups in total. The number of pyridine rings is 1. The SMILES string of the molecule is COc1cc(-c2nn[nH]n2)nc2c1sc1ccccc12. The Bertz CT molecular complexity index is 900. The first kappa shape index (κ1) is 11.3. The molecular formula is C13H9N5OS. The van der Waals surface area contributed by atoms with Crippen molar-refractivity contribution in [1.82, 2.24) is 25.6 Å². The van der Waals surface area contributed by atoms with E-state index in [1.54, 1.807) is 18.4 Å². The molecule has 1 aromatic carbocycles. The van der Waals surface area contributed by atoms with E-state index >= 15 is 0 Å². The van der Waals surface area contributed by atoms with Gasteiger partial charge in [0.1, 0.15) is 11.4 Å². The minimum Gasteiger partial charge on any atom is -0.495 e. The minimum absolute atomic E-state index is 0.459. The highest BCUT2D eigenvalue weighted by Crippen LogP contribution is 2.39. The Kier molecular flexibility index (Phi) is 2.40. The molecule has 6 nitrogen and oxygen atoms in total. The van der Waals surface area contributed by atoms with Gasteiger partial charge in [-0.25, -0.2) is 4.98 Å². The molecule has 4 rings (SSSR count). The predicted octanol–water partition coefficient (Wildman–Crippen LogP) is 2.64. The lowest BCUT2D eigenvalue weighted by molar-refractivity contribution is 0.420. The smallest absolute Gasteiger partial charge is 0.223 e. The van der Waals surface area contributed by atoms with Gasteiger partial charge in [0.15, 0.2) is 0 Å². The average Bonchev–Trinajstić information content (AvgIpc) is 3.13. The number of benzene rings is 1. The third-order valence-electron chi connectivity index (χ3n) is 3.09. The van der Waals surface area contributed by atoms with Gasteiger partial charge in [-0.05, 0) is 11.3 Å². The van der Waals surface area contributed by atoms with Crippen LogP contribution in [0.1, 0.15) is 0 Å². The zero-order valence-electron chi connectivity index (χ0n) is 10.5. The van der Waals surface area contributed by atoms with E-state index in [1.807, 2.05) is 18.2 Å². The van der Waals surface area contributed by atoms with Crippen molar-refractivity contribution in [2.75, 3.05) is 7.11 Å². The van der Waals surface area contributed by atoms with Crippen LogP contribution in [0.5, 0.6) is 5.75 Å². The van der Waals surface area contributed by atoms with E-state index in [0.717, 1.165) is 21.4 Å². The van der Waals surface area contributed by atoms with Crippen LogP contribution >= 0.6 is 11.3 Å². The van der Waals surface area contributed by atoms with Gasteiger partial charge in [-0.1, -0.05) is 18.2 Å². The molecule has 0 spiro atoms. The molecular weight excluding hydrogens is 274 g/mol. The van der Waals surface area contributed by atoms with E-state index in [-0.39, 0.29) is 0 Å². The number of hydrogen-bond donors (Lipinski definition) is 1. The number of fused-ring (bicyclic) bond motifs is 3. The van der Waals surface area contributed by atoms with Crippen LogP contribution in [-0.4, -0.2) is 32.7 Å². The number of hydrogen-bond acceptors (Lipinski definition) is 6. The molecule has 98 valence electrons. The molecule has 0 atom stereocenters. The molecule has 0 saturated heterocycles. The number of tetrazole rings is 1. The summed E-state index contributed by atoms with van der Waals surface area (Å²) in [5, 5.41) is 15.1. The second-order valence-electron chi connectivity index (χ2n) is 4.22. The first-order chi connectivity index (χ1) is 9.86. The Hall–Kier alpha value is -2.54. The zero-order chi connectivity index (χ0) is 13.5. The first-order valence-electron chi connectivity index (χ1n) is 5.97. The minimum atomic E-state index is 0.459. The van der Waals surface area contributed by atoms with Crippen LogP contribution in [0.4, 0.5) is 0 Å². The van der Waals surface area contributed by atoms with Crippen molar-refractivity contribution in [3.05, 3.63) is 30.3 Å². The number of aromatic amines is 1. The van der Waals surface area contributed by atoms with Crippen molar-refractivity contribution < 1.29 is 4.74 Å². The number of aromatic nitrogens is 5. The molecule has 0 aliphatic rings. The summed E-state index contributed by atoms with van der Waals surface area (Å²) in [5.74, 6) is 1.23. The van der Waals surface area contributed by atoms with Gasteiger partial charge < -0.3 is 4.74 Å². The van der Waals surface area contributed by atoms with E-state index in [4.69, 9.17) is 4.74 Å². The molecule has 3 heterocycles. The van der Waals surface area contributed by atoms with Crippen LogP contribution in [0, 0.1) is 0 Å². The highest BCUT2D eigenvalue weighted by atomic mass is 32.1. The molecule has 20 heavy (non-hydrogen) atoms. The third kappa shape index (κ3) is 1.56. The second-order valence-corrected chi connectivity index (χ2v) is 5.27. The van der Waals surface area contributed by atoms with Gasteiger partial charge in [-0.3, -0.25) is 0 Å². The van der Waals surface area contributed by atoms with Crippen LogP contribution in [0.2, 0.25) is 0 Å². The Labute approximate surface area is 117 Å². The molecule has 4 aromatic rings.